The first-order valence-corrected chi connectivity index (χ1v) is 3.49. The number of carbonyl (C=O) groups excluding carboxylic acids is 1. The number of aliphatic carboxylic acids is 1. The van der Waals surface area contributed by atoms with Crippen LogP contribution in [0.1, 0.15) is 13.3 Å². The molecule has 0 spiro atoms. The van der Waals surface area contributed by atoms with Gasteiger partial charge in [0.15, 0.2) is 0 Å². The molecule has 0 aliphatic carbocycles. The number of carboxylic acids is 1. The fourth-order valence-electron chi connectivity index (χ4n) is 0.487. The van der Waals surface area contributed by atoms with Crippen molar-refractivity contribution in [2.45, 2.75) is 19.4 Å². The molecule has 6 nitrogen and oxygen atoms in total. The van der Waals surface area contributed by atoms with E-state index in [-0.39, 0.29) is 6.54 Å². The average molecular weight is 176 g/mol. The standard InChI is InChI=1S/C6H12N2O4/c1-2-4(6(10)11)8-12-5(9)3-7/h4,8H,2-3,7H2,1H3,(H,10,11)/t4-/m0/s1. The molecule has 1 atom stereocenters. The van der Waals surface area contributed by atoms with E-state index in [9.17, 15) is 9.59 Å². The Balaban J connectivity index is 3.73. The van der Waals surface area contributed by atoms with Gasteiger partial charge in [-0.05, 0) is 6.42 Å². The zero-order valence-corrected chi connectivity index (χ0v) is 6.74. The second-order valence-electron chi connectivity index (χ2n) is 2.10. The van der Waals surface area contributed by atoms with Crippen LogP contribution in [-0.2, 0) is 14.4 Å². The highest BCUT2D eigenvalue weighted by Crippen LogP contribution is 1.90. The zero-order valence-electron chi connectivity index (χ0n) is 6.74. The SMILES string of the molecule is CC[C@H](NOC(=O)CN)C(=O)O. The molecule has 0 aromatic heterocycles. The van der Waals surface area contributed by atoms with E-state index < -0.39 is 18.0 Å². The van der Waals surface area contributed by atoms with Crippen LogP contribution in [0, 0.1) is 0 Å². The molecule has 0 heterocycles. The van der Waals surface area contributed by atoms with Crippen molar-refractivity contribution in [3.8, 4) is 0 Å². The van der Waals surface area contributed by atoms with Crippen molar-refractivity contribution in [1.29, 1.82) is 0 Å². The molecule has 0 aliphatic heterocycles. The van der Waals surface area contributed by atoms with Crippen LogP contribution in [0.2, 0.25) is 0 Å². The Bertz CT molecular complexity index is 171. The summed E-state index contributed by atoms with van der Waals surface area (Å²) in [5.41, 5.74) is 7.00. The summed E-state index contributed by atoms with van der Waals surface area (Å²) in [7, 11) is 0. The molecule has 4 N–H and O–H groups in total. The first kappa shape index (κ1) is 10.9. The molecular weight excluding hydrogens is 164 g/mol. The summed E-state index contributed by atoms with van der Waals surface area (Å²) in [4.78, 5) is 25.1. The second kappa shape index (κ2) is 5.50. The number of nitrogens with two attached hydrogens (primary N) is 1. The van der Waals surface area contributed by atoms with Gasteiger partial charge in [-0.25, -0.2) is 4.79 Å². The van der Waals surface area contributed by atoms with E-state index in [1.165, 1.54) is 0 Å². The first-order valence-electron chi connectivity index (χ1n) is 3.49. The lowest BCUT2D eigenvalue weighted by atomic mass is 10.2. The Morgan fingerprint density at radius 2 is 2.25 bits per heavy atom. The number of carboxylic acid groups (broad SMARTS) is 1. The molecule has 12 heavy (non-hydrogen) atoms. The van der Waals surface area contributed by atoms with E-state index in [2.05, 4.69) is 10.3 Å². The van der Waals surface area contributed by atoms with Gasteiger partial charge in [0.05, 0.1) is 6.54 Å². The zero-order chi connectivity index (χ0) is 9.56. The van der Waals surface area contributed by atoms with E-state index in [1.54, 1.807) is 6.92 Å². The summed E-state index contributed by atoms with van der Waals surface area (Å²) in [5, 5.41) is 8.47. The number of hydroxylamine groups is 1. The minimum Gasteiger partial charge on any atom is -0.480 e. The summed E-state index contributed by atoms with van der Waals surface area (Å²) in [6.07, 6.45) is 0.327. The molecule has 0 amide bonds. The van der Waals surface area contributed by atoms with E-state index >= 15 is 0 Å². The quantitative estimate of drug-likeness (QED) is 0.457. The molecular formula is C6H12N2O4. The molecule has 0 radical (unpaired) electrons. The Kier molecular flexibility index (Phi) is 4.98. The van der Waals surface area contributed by atoms with Gasteiger partial charge in [0.1, 0.15) is 6.04 Å². The lowest BCUT2D eigenvalue weighted by Gasteiger charge is -2.10. The van der Waals surface area contributed by atoms with Crippen LogP contribution in [0.5, 0.6) is 0 Å². The first-order chi connectivity index (χ1) is 5.61. The molecule has 0 bridgehead atoms. The topological polar surface area (TPSA) is 102 Å². The van der Waals surface area contributed by atoms with Crippen LogP contribution in [0.4, 0.5) is 0 Å². The van der Waals surface area contributed by atoms with Crippen LogP contribution in [0.15, 0.2) is 0 Å². The van der Waals surface area contributed by atoms with Crippen LogP contribution in [0.3, 0.4) is 0 Å². The van der Waals surface area contributed by atoms with Crippen molar-refractivity contribution < 1.29 is 19.5 Å². The minimum atomic E-state index is -1.07. The predicted molar refractivity (Wildman–Crippen MR) is 40.0 cm³/mol. The molecule has 0 aromatic rings. The van der Waals surface area contributed by atoms with Crippen LogP contribution < -0.4 is 11.2 Å². The fraction of sp³-hybridized carbons (Fsp3) is 0.667. The fourth-order valence-corrected chi connectivity index (χ4v) is 0.487. The van der Waals surface area contributed by atoms with Crippen LogP contribution in [0.25, 0.3) is 0 Å². The molecule has 0 aromatic carbocycles. The van der Waals surface area contributed by atoms with E-state index in [1.807, 2.05) is 0 Å². The summed E-state index contributed by atoms with van der Waals surface area (Å²) < 4.78 is 0. The lowest BCUT2D eigenvalue weighted by molar-refractivity contribution is -0.156. The summed E-state index contributed by atoms with van der Waals surface area (Å²) in [5.74, 6) is -1.75. The number of rotatable bonds is 5. The van der Waals surface area contributed by atoms with Gasteiger partial charge in [-0.1, -0.05) is 6.92 Å². The molecule has 0 rings (SSSR count). The Labute approximate surface area is 69.6 Å². The van der Waals surface area contributed by atoms with Gasteiger partial charge in [0.25, 0.3) is 0 Å². The van der Waals surface area contributed by atoms with E-state index in [0.29, 0.717) is 6.42 Å². The van der Waals surface area contributed by atoms with Gasteiger partial charge in [0.2, 0.25) is 0 Å². The highest BCUT2D eigenvalue weighted by molar-refractivity contribution is 5.74. The maximum Gasteiger partial charge on any atom is 0.338 e. The number of hydrogen-bond acceptors (Lipinski definition) is 5. The van der Waals surface area contributed by atoms with Crippen molar-refractivity contribution in [2.24, 2.45) is 5.73 Å². The molecule has 6 heteroatoms. The predicted octanol–water partition coefficient (Wildman–Crippen LogP) is -1.14. The molecule has 70 valence electrons. The molecule has 0 aliphatic rings. The normalized spacial score (nSPS) is 12.2. The summed E-state index contributed by atoms with van der Waals surface area (Å²) in [6, 6.07) is -0.875. The number of nitrogens with one attached hydrogen (secondary N) is 1. The van der Waals surface area contributed by atoms with Crippen molar-refractivity contribution in [3.05, 3.63) is 0 Å². The second-order valence-corrected chi connectivity index (χ2v) is 2.10. The largest absolute Gasteiger partial charge is 0.480 e. The third kappa shape index (κ3) is 3.89. The Morgan fingerprint density at radius 1 is 1.67 bits per heavy atom. The third-order valence-electron chi connectivity index (χ3n) is 1.19. The van der Waals surface area contributed by atoms with Crippen molar-refractivity contribution in [2.75, 3.05) is 6.54 Å². The highest BCUT2D eigenvalue weighted by atomic mass is 16.7. The van der Waals surface area contributed by atoms with E-state index in [0.717, 1.165) is 0 Å². The Morgan fingerprint density at radius 3 is 2.58 bits per heavy atom. The summed E-state index contributed by atoms with van der Waals surface area (Å²) in [6.45, 7) is 1.38. The number of hydrogen-bond donors (Lipinski definition) is 3. The van der Waals surface area contributed by atoms with Crippen molar-refractivity contribution >= 4 is 11.9 Å². The maximum atomic E-state index is 10.5. The van der Waals surface area contributed by atoms with Gasteiger partial charge in [-0.2, -0.15) is 0 Å². The van der Waals surface area contributed by atoms with Gasteiger partial charge >= 0.3 is 11.9 Å². The Hall–Kier alpha value is -1.14. The monoisotopic (exact) mass is 176 g/mol. The maximum absolute atomic E-state index is 10.5. The van der Waals surface area contributed by atoms with Crippen molar-refractivity contribution in [1.82, 2.24) is 5.48 Å². The summed E-state index contributed by atoms with van der Waals surface area (Å²) >= 11 is 0. The average Bonchev–Trinajstić information content (AvgIpc) is 2.04. The third-order valence-corrected chi connectivity index (χ3v) is 1.19. The number of carbonyl (C=O) groups is 2. The van der Waals surface area contributed by atoms with Gasteiger partial charge in [-0.15, -0.1) is 5.48 Å². The molecule has 0 saturated heterocycles. The molecule has 0 unspecified atom stereocenters. The lowest BCUT2D eigenvalue weighted by Crippen LogP contribution is -2.38. The highest BCUT2D eigenvalue weighted by Gasteiger charge is 2.15. The molecule has 0 saturated carbocycles. The molecule has 0 fully saturated rings. The smallest absolute Gasteiger partial charge is 0.338 e. The van der Waals surface area contributed by atoms with Crippen LogP contribution >= 0.6 is 0 Å². The van der Waals surface area contributed by atoms with Crippen molar-refractivity contribution in [3.63, 3.8) is 0 Å². The van der Waals surface area contributed by atoms with Gasteiger partial charge < -0.3 is 15.7 Å². The van der Waals surface area contributed by atoms with Crippen LogP contribution in [-0.4, -0.2) is 29.6 Å². The van der Waals surface area contributed by atoms with E-state index in [4.69, 9.17) is 10.8 Å². The van der Waals surface area contributed by atoms with Gasteiger partial charge in [-0.3, -0.25) is 4.79 Å². The van der Waals surface area contributed by atoms with Gasteiger partial charge in [0, 0.05) is 0 Å². The minimum absolute atomic E-state index is 0.275.